The number of aliphatic hydroxyl groups is 1. The Morgan fingerprint density at radius 1 is 1.00 bits per heavy atom. The van der Waals surface area contributed by atoms with Gasteiger partial charge in [0.05, 0.1) is 0 Å². The molecule has 0 saturated heterocycles. The lowest BCUT2D eigenvalue weighted by Gasteiger charge is -2.18. The van der Waals surface area contributed by atoms with Crippen molar-refractivity contribution in [2.45, 2.75) is 65.4 Å². The lowest BCUT2D eigenvalue weighted by atomic mass is 9.89. The van der Waals surface area contributed by atoms with E-state index < -0.39 is 12.1 Å². The van der Waals surface area contributed by atoms with Crippen molar-refractivity contribution in [3.8, 4) is 0 Å². The highest BCUT2D eigenvalue weighted by atomic mass is 16.4. The molecule has 0 fully saturated rings. The van der Waals surface area contributed by atoms with Crippen molar-refractivity contribution in [2.24, 2.45) is 0 Å². The molecule has 2 N–H and O–H groups in total. The number of carbonyl (C=O) groups is 1. The van der Waals surface area contributed by atoms with Crippen molar-refractivity contribution in [3.05, 3.63) is 34.4 Å². The lowest BCUT2D eigenvalue weighted by Crippen LogP contribution is -2.13. The molecule has 0 amide bonds. The number of benzene rings is 1. The average Bonchev–Trinajstić information content (AvgIpc) is 2.41. The summed E-state index contributed by atoms with van der Waals surface area (Å²) < 4.78 is 0. The Hall–Kier alpha value is -1.35. The summed E-state index contributed by atoms with van der Waals surface area (Å²) in [7, 11) is 0. The highest BCUT2D eigenvalue weighted by Crippen LogP contribution is 2.26. The van der Waals surface area contributed by atoms with Gasteiger partial charge in [0.15, 0.2) is 6.10 Å². The van der Waals surface area contributed by atoms with Gasteiger partial charge in [0.25, 0.3) is 0 Å². The van der Waals surface area contributed by atoms with Crippen molar-refractivity contribution in [1.82, 2.24) is 0 Å². The van der Waals surface area contributed by atoms with Crippen LogP contribution in [-0.2, 0) is 24.1 Å². The van der Waals surface area contributed by atoms with Crippen LogP contribution in [0.4, 0.5) is 0 Å². The summed E-state index contributed by atoms with van der Waals surface area (Å²) in [6, 6.07) is 3.76. The van der Waals surface area contributed by atoms with E-state index in [1.165, 1.54) is 16.7 Å². The van der Waals surface area contributed by atoms with Crippen LogP contribution in [0.1, 0.15) is 68.4 Å². The van der Waals surface area contributed by atoms with Crippen molar-refractivity contribution in [1.29, 1.82) is 0 Å². The third-order valence-electron chi connectivity index (χ3n) is 3.55. The first-order valence-corrected chi connectivity index (χ1v) is 7.60. The second-order valence-corrected chi connectivity index (χ2v) is 5.31. The molecule has 1 atom stereocenters. The minimum absolute atomic E-state index is 0.518. The second kappa shape index (κ2) is 8.05. The van der Waals surface area contributed by atoms with E-state index in [9.17, 15) is 9.90 Å². The summed E-state index contributed by atoms with van der Waals surface area (Å²) in [5.74, 6) is -1.18. The maximum Gasteiger partial charge on any atom is 0.337 e. The molecule has 0 radical (unpaired) electrons. The minimum atomic E-state index is -1.42. The fraction of sp³-hybridized carbons (Fsp3) is 0.588. The molecule has 0 saturated carbocycles. The first kappa shape index (κ1) is 16.7. The molecule has 1 aromatic rings. The number of aliphatic carboxylic acids is 1. The zero-order valence-corrected chi connectivity index (χ0v) is 12.8. The molecular weight excluding hydrogens is 252 g/mol. The van der Waals surface area contributed by atoms with Crippen molar-refractivity contribution in [2.75, 3.05) is 0 Å². The molecule has 0 aliphatic heterocycles. The number of carboxylic acids is 1. The molecule has 3 nitrogen and oxygen atoms in total. The zero-order chi connectivity index (χ0) is 15.1. The summed E-state index contributed by atoms with van der Waals surface area (Å²) in [5, 5.41) is 18.8. The van der Waals surface area contributed by atoms with Crippen molar-refractivity contribution >= 4 is 5.97 Å². The van der Waals surface area contributed by atoms with Gasteiger partial charge in [-0.05, 0) is 41.5 Å². The predicted molar refractivity (Wildman–Crippen MR) is 81.0 cm³/mol. The molecule has 0 bridgehead atoms. The largest absolute Gasteiger partial charge is 0.479 e. The molecule has 0 heterocycles. The smallest absolute Gasteiger partial charge is 0.337 e. The van der Waals surface area contributed by atoms with Crippen molar-refractivity contribution in [3.63, 3.8) is 0 Å². The minimum Gasteiger partial charge on any atom is -0.479 e. The first-order valence-electron chi connectivity index (χ1n) is 7.60. The highest BCUT2D eigenvalue weighted by molar-refractivity contribution is 5.74. The molecule has 0 aromatic heterocycles. The molecule has 1 aromatic carbocycles. The summed E-state index contributed by atoms with van der Waals surface area (Å²) in [6.45, 7) is 6.40. The lowest BCUT2D eigenvalue weighted by molar-refractivity contribution is -0.146. The Balaban J connectivity index is 3.32. The summed E-state index contributed by atoms with van der Waals surface area (Å²) in [5.41, 5.74) is 4.29. The molecule has 3 heteroatoms. The van der Waals surface area contributed by atoms with E-state index in [2.05, 4.69) is 20.8 Å². The zero-order valence-electron chi connectivity index (χ0n) is 12.8. The van der Waals surface area contributed by atoms with Crippen LogP contribution >= 0.6 is 0 Å². The Morgan fingerprint density at radius 2 is 1.45 bits per heavy atom. The van der Waals surface area contributed by atoms with Gasteiger partial charge < -0.3 is 10.2 Å². The van der Waals surface area contributed by atoms with Crippen LogP contribution in [0.2, 0.25) is 0 Å². The van der Waals surface area contributed by atoms with E-state index in [0.717, 1.165) is 38.5 Å². The maximum atomic E-state index is 11.0. The normalized spacial score (nSPS) is 12.4. The molecule has 0 aliphatic carbocycles. The van der Waals surface area contributed by atoms with Crippen molar-refractivity contribution < 1.29 is 15.0 Å². The van der Waals surface area contributed by atoms with Gasteiger partial charge in [-0.3, -0.25) is 0 Å². The number of hydrogen-bond acceptors (Lipinski definition) is 2. The second-order valence-electron chi connectivity index (χ2n) is 5.31. The summed E-state index contributed by atoms with van der Waals surface area (Å²) >= 11 is 0. The van der Waals surface area contributed by atoms with Gasteiger partial charge in [0.1, 0.15) is 0 Å². The summed E-state index contributed by atoms with van der Waals surface area (Å²) in [6.07, 6.45) is 4.60. The fourth-order valence-corrected chi connectivity index (χ4v) is 2.68. The number of hydrogen-bond donors (Lipinski definition) is 2. The molecular formula is C17H26O3. The van der Waals surface area contributed by atoms with E-state index >= 15 is 0 Å². The van der Waals surface area contributed by atoms with E-state index in [4.69, 9.17) is 5.11 Å². The highest BCUT2D eigenvalue weighted by Gasteiger charge is 2.19. The molecule has 112 valence electrons. The number of carboxylic acid groups (broad SMARTS) is 1. The van der Waals surface area contributed by atoms with Crippen LogP contribution in [0.25, 0.3) is 0 Å². The van der Waals surface area contributed by atoms with Crippen LogP contribution in [0.15, 0.2) is 12.1 Å². The van der Waals surface area contributed by atoms with Gasteiger partial charge in [-0.2, -0.15) is 0 Å². The van der Waals surface area contributed by atoms with Crippen LogP contribution in [-0.4, -0.2) is 16.2 Å². The van der Waals surface area contributed by atoms with Crippen LogP contribution in [0, 0.1) is 0 Å². The van der Waals surface area contributed by atoms with Crippen LogP contribution < -0.4 is 0 Å². The third kappa shape index (κ3) is 4.07. The van der Waals surface area contributed by atoms with Gasteiger partial charge in [-0.1, -0.05) is 52.2 Å². The number of rotatable bonds is 8. The number of aliphatic hydroxyl groups excluding tert-OH is 1. The summed E-state index contributed by atoms with van der Waals surface area (Å²) in [4.78, 5) is 11.0. The Morgan fingerprint density at radius 3 is 1.80 bits per heavy atom. The quantitative estimate of drug-likeness (QED) is 0.763. The van der Waals surface area contributed by atoms with Gasteiger partial charge in [0, 0.05) is 0 Å². The predicted octanol–water partition coefficient (Wildman–Crippen LogP) is 3.66. The van der Waals surface area contributed by atoms with Gasteiger partial charge in [-0.15, -0.1) is 0 Å². The number of aryl methyl sites for hydroxylation is 2. The average molecular weight is 278 g/mol. The van der Waals surface area contributed by atoms with E-state index in [1.54, 1.807) is 0 Å². The van der Waals surface area contributed by atoms with E-state index in [1.807, 2.05) is 12.1 Å². The van der Waals surface area contributed by atoms with Gasteiger partial charge in [0.2, 0.25) is 0 Å². The van der Waals surface area contributed by atoms with E-state index in [0.29, 0.717) is 5.56 Å². The molecule has 0 aliphatic rings. The van der Waals surface area contributed by atoms with E-state index in [-0.39, 0.29) is 0 Å². The van der Waals surface area contributed by atoms with Gasteiger partial charge in [-0.25, -0.2) is 4.79 Å². The Labute approximate surface area is 121 Å². The van der Waals surface area contributed by atoms with Gasteiger partial charge >= 0.3 is 5.97 Å². The third-order valence-corrected chi connectivity index (χ3v) is 3.55. The molecule has 1 rings (SSSR count). The standard InChI is InChI=1S/C17H26O3/c1-4-7-12-10-14(16(18)17(19)20)11-13(8-5-2)15(12)9-6-3/h10-11,16,18H,4-9H2,1-3H3,(H,19,20). The van der Waals surface area contributed by atoms with Crippen LogP contribution in [0.5, 0.6) is 0 Å². The molecule has 1 unspecified atom stereocenters. The monoisotopic (exact) mass is 278 g/mol. The fourth-order valence-electron chi connectivity index (χ4n) is 2.68. The Bertz CT molecular complexity index is 425. The molecule has 20 heavy (non-hydrogen) atoms. The topological polar surface area (TPSA) is 57.5 Å². The first-order chi connectivity index (χ1) is 9.54. The molecule has 0 spiro atoms. The maximum absolute atomic E-state index is 11.0. The Kier molecular flexibility index (Phi) is 6.73. The van der Waals surface area contributed by atoms with Crippen LogP contribution in [0.3, 0.4) is 0 Å². The SMILES string of the molecule is CCCc1cc(C(O)C(=O)O)cc(CCC)c1CCC.